The van der Waals surface area contributed by atoms with Crippen molar-refractivity contribution in [1.29, 1.82) is 0 Å². The van der Waals surface area contributed by atoms with E-state index in [4.69, 9.17) is 0 Å². The van der Waals surface area contributed by atoms with Crippen LogP contribution >= 0.6 is 0 Å². The second kappa shape index (κ2) is 5.27. The van der Waals surface area contributed by atoms with Gasteiger partial charge in [0, 0.05) is 12.8 Å². The Labute approximate surface area is 92.0 Å². The Balaban J connectivity index is 2.06. The average molecular weight is 235 g/mol. The molecule has 0 aromatic heterocycles. The molecule has 0 aromatic carbocycles. The predicted octanol–water partition coefficient (Wildman–Crippen LogP) is 0.316. The van der Waals surface area contributed by atoms with E-state index in [2.05, 4.69) is 5.32 Å². The van der Waals surface area contributed by atoms with Crippen LogP contribution in [0.4, 0.5) is 0 Å². The molecule has 4 nitrogen and oxygen atoms in total. The molecular formula is C10H21NO3S. The molecule has 0 heterocycles. The molecule has 0 aromatic rings. The lowest BCUT2D eigenvalue weighted by Crippen LogP contribution is -2.38. The minimum absolute atomic E-state index is 0.221. The smallest absolute Gasteiger partial charge is 0.147 e. The Morgan fingerprint density at radius 2 is 1.93 bits per heavy atom. The van der Waals surface area contributed by atoms with Crippen molar-refractivity contribution in [3.8, 4) is 0 Å². The Morgan fingerprint density at radius 1 is 1.33 bits per heavy atom. The van der Waals surface area contributed by atoms with E-state index in [0.29, 0.717) is 19.5 Å². The highest BCUT2D eigenvalue weighted by Crippen LogP contribution is 2.28. The third-order valence-corrected chi connectivity index (χ3v) is 3.89. The molecular weight excluding hydrogens is 214 g/mol. The highest BCUT2D eigenvalue weighted by atomic mass is 32.2. The van der Waals surface area contributed by atoms with Gasteiger partial charge in [0.05, 0.1) is 11.4 Å². The summed E-state index contributed by atoms with van der Waals surface area (Å²) in [6.45, 7) is 1.26. The van der Waals surface area contributed by atoms with E-state index in [0.717, 1.165) is 25.7 Å². The standard InChI is InChI=1S/C10H21NO3S/c1-15(13,14)8-4-7-11-9-10(12)5-2-3-6-10/h11-12H,2-9H2,1H3. The van der Waals surface area contributed by atoms with Crippen LogP contribution in [-0.4, -0.2) is 44.2 Å². The van der Waals surface area contributed by atoms with E-state index in [1.807, 2.05) is 0 Å². The fourth-order valence-electron chi connectivity index (χ4n) is 1.99. The molecule has 0 saturated heterocycles. The van der Waals surface area contributed by atoms with E-state index in [1.54, 1.807) is 0 Å². The minimum atomic E-state index is -2.84. The summed E-state index contributed by atoms with van der Waals surface area (Å²) in [6.07, 6.45) is 5.80. The van der Waals surface area contributed by atoms with Crippen molar-refractivity contribution >= 4 is 9.84 Å². The highest BCUT2D eigenvalue weighted by Gasteiger charge is 2.30. The van der Waals surface area contributed by atoms with Gasteiger partial charge >= 0.3 is 0 Å². The minimum Gasteiger partial charge on any atom is -0.389 e. The van der Waals surface area contributed by atoms with Gasteiger partial charge in [-0.1, -0.05) is 12.8 Å². The van der Waals surface area contributed by atoms with Crippen LogP contribution in [0, 0.1) is 0 Å². The van der Waals surface area contributed by atoms with Crippen molar-refractivity contribution in [2.24, 2.45) is 0 Å². The van der Waals surface area contributed by atoms with Crippen molar-refractivity contribution in [2.45, 2.75) is 37.7 Å². The van der Waals surface area contributed by atoms with Crippen molar-refractivity contribution < 1.29 is 13.5 Å². The summed E-state index contributed by atoms with van der Waals surface area (Å²) in [5.74, 6) is 0.221. The Bertz CT molecular complexity index is 281. The largest absolute Gasteiger partial charge is 0.389 e. The third kappa shape index (κ3) is 5.49. The summed E-state index contributed by atoms with van der Waals surface area (Å²) < 4.78 is 21.7. The first-order valence-electron chi connectivity index (χ1n) is 5.52. The molecule has 0 bridgehead atoms. The van der Waals surface area contributed by atoms with E-state index >= 15 is 0 Å². The van der Waals surface area contributed by atoms with Crippen LogP contribution in [0.25, 0.3) is 0 Å². The second-order valence-corrected chi connectivity index (χ2v) is 6.85. The fourth-order valence-corrected chi connectivity index (χ4v) is 2.66. The van der Waals surface area contributed by atoms with Gasteiger partial charge in [-0.05, 0) is 25.8 Å². The number of nitrogens with one attached hydrogen (secondary N) is 1. The number of hydrogen-bond acceptors (Lipinski definition) is 4. The second-order valence-electron chi connectivity index (χ2n) is 4.59. The first-order valence-corrected chi connectivity index (χ1v) is 7.58. The zero-order chi connectivity index (χ0) is 11.4. The van der Waals surface area contributed by atoms with Crippen LogP contribution < -0.4 is 5.32 Å². The highest BCUT2D eigenvalue weighted by molar-refractivity contribution is 7.90. The van der Waals surface area contributed by atoms with Crippen molar-refractivity contribution in [2.75, 3.05) is 25.1 Å². The summed E-state index contributed by atoms with van der Waals surface area (Å²) in [6, 6.07) is 0. The number of hydrogen-bond donors (Lipinski definition) is 2. The molecule has 0 amide bonds. The predicted molar refractivity (Wildman–Crippen MR) is 60.6 cm³/mol. The third-order valence-electron chi connectivity index (χ3n) is 2.86. The van der Waals surface area contributed by atoms with Crippen molar-refractivity contribution in [1.82, 2.24) is 5.32 Å². The lowest BCUT2D eigenvalue weighted by Gasteiger charge is -2.22. The normalized spacial score (nSPS) is 20.7. The Kier molecular flexibility index (Phi) is 4.55. The van der Waals surface area contributed by atoms with Crippen LogP contribution in [0.5, 0.6) is 0 Å². The van der Waals surface area contributed by atoms with Crippen LogP contribution in [0.3, 0.4) is 0 Å². The van der Waals surface area contributed by atoms with Gasteiger partial charge in [-0.2, -0.15) is 0 Å². The lowest BCUT2D eigenvalue weighted by atomic mass is 10.0. The maximum atomic E-state index is 10.8. The Morgan fingerprint density at radius 3 is 2.47 bits per heavy atom. The zero-order valence-electron chi connectivity index (χ0n) is 9.33. The summed E-state index contributed by atoms with van der Waals surface area (Å²) in [5, 5.41) is 13.1. The fraction of sp³-hybridized carbons (Fsp3) is 1.00. The number of rotatable bonds is 6. The van der Waals surface area contributed by atoms with Crippen molar-refractivity contribution in [3.05, 3.63) is 0 Å². The van der Waals surface area contributed by atoms with Gasteiger partial charge in [-0.15, -0.1) is 0 Å². The summed E-state index contributed by atoms with van der Waals surface area (Å²) in [5.41, 5.74) is -0.537. The van der Waals surface area contributed by atoms with Gasteiger partial charge in [0.2, 0.25) is 0 Å². The van der Waals surface area contributed by atoms with E-state index in [-0.39, 0.29) is 5.75 Å². The van der Waals surface area contributed by atoms with Crippen LogP contribution in [0.1, 0.15) is 32.1 Å². The SMILES string of the molecule is CS(=O)(=O)CCCNCC1(O)CCCC1. The molecule has 1 aliphatic carbocycles. The first-order chi connectivity index (χ1) is 6.91. The monoisotopic (exact) mass is 235 g/mol. The van der Waals surface area contributed by atoms with Gasteiger partial charge in [-0.3, -0.25) is 0 Å². The first kappa shape index (κ1) is 12.9. The average Bonchev–Trinajstić information content (AvgIpc) is 2.50. The molecule has 1 aliphatic rings. The summed E-state index contributed by atoms with van der Waals surface area (Å²) >= 11 is 0. The molecule has 0 radical (unpaired) electrons. The molecule has 15 heavy (non-hydrogen) atoms. The van der Waals surface area contributed by atoms with Crippen LogP contribution in [0.15, 0.2) is 0 Å². The molecule has 1 rings (SSSR count). The molecule has 90 valence electrons. The lowest BCUT2D eigenvalue weighted by molar-refractivity contribution is 0.0480. The molecule has 1 saturated carbocycles. The molecule has 1 fully saturated rings. The van der Waals surface area contributed by atoms with Crippen LogP contribution in [0.2, 0.25) is 0 Å². The molecule has 5 heteroatoms. The van der Waals surface area contributed by atoms with E-state index in [9.17, 15) is 13.5 Å². The molecule has 2 N–H and O–H groups in total. The maximum Gasteiger partial charge on any atom is 0.147 e. The van der Waals surface area contributed by atoms with Gasteiger partial charge in [0.25, 0.3) is 0 Å². The van der Waals surface area contributed by atoms with Gasteiger partial charge in [0.1, 0.15) is 9.84 Å². The van der Waals surface area contributed by atoms with Gasteiger partial charge in [0.15, 0.2) is 0 Å². The van der Waals surface area contributed by atoms with E-state index < -0.39 is 15.4 Å². The molecule has 0 unspecified atom stereocenters. The van der Waals surface area contributed by atoms with Crippen LogP contribution in [-0.2, 0) is 9.84 Å². The number of aliphatic hydroxyl groups is 1. The zero-order valence-corrected chi connectivity index (χ0v) is 10.1. The summed E-state index contributed by atoms with van der Waals surface area (Å²) in [4.78, 5) is 0. The van der Waals surface area contributed by atoms with E-state index in [1.165, 1.54) is 6.26 Å². The summed E-state index contributed by atoms with van der Waals surface area (Å²) in [7, 11) is -2.84. The number of sulfone groups is 1. The Hall–Kier alpha value is -0.130. The van der Waals surface area contributed by atoms with Gasteiger partial charge < -0.3 is 10.4 Å². The van der Waals surface area contributed by atoms with Gasteiger partial charge in [-0.25, -0.2) is 8.42 Å². The maximum absolute atomic E-state index is 10.8. The quantitative estimate of drug-likeness (QED) is 0.651. The topological polar surface area (TPSA) is 66.4 Å². The molecule has 0 aliphatic heterocycles. The molecule has 0 atom stereocenters. The van der Waals surface area contributed by atoms with Crippen molar-refractivity contribution in [3.63, 3.8) is 0 Å². The molecule has 0 spiro atoms.